The third kappa shape index (κ3) is 2.42. The molecule has 0 atom stereocenters. The minimum absolute atomic E-state index is 0.134. The average Bonchev–Trinajstić information content (AvgIpc) is 2.25. The van der Waals surface area contributed by atoms with Crippen LogP contribution in [0.4, 0.5) is 4.39 Å². The van der Waals surface area contributed by atoms with Crippen LogP contribution in [0.1, 0.15) is 24.8 Å². The average molecular weight is 222 g/mol. The minimum atomic E-state index is -0.134. The molecule has 1 fully saturated rings. The summed E-state index contributed by atoms with van der Waals surface area (Å²) in [6, 6.07) is 6.89. The van der Waals surface area contributed by atoms with Gasteiger partial charge in [0.15, 0.2) is 0 Å². The molecule has 0 aliphatic heterocycles. The van der Waals surface area contributed by atoms with E-state index in [-0.39, 0.29) is 11.2 Å². The van der Waals surface area contributed by atoms with Crippen LogP contribution in [0.15, 0.2) is 24.3 Å². The van der Waals surface area contributed by atoms with E-state index in [0.717, 1.165) is 18.7 Å². The highest BCUT2D eigenvalue weighted by Crippen LogP contribution is 2.39. The summed E-state index contributed by atoms with van der Waals surface area (Å²) in [7, 11) is 0. The Morgan fingerprint density at radius 1 is 1.31 bits per heavy atom. The molecule has 0 saturated heterocycles. The molecule has 0 aromatic heterocycles. The fourth-order valence-corrected chi connectivity index (χ4v) is 2.23. The zero-order chi connectivity index (χ0) is 11.4. The van der Waals surface area contributed by atoms with Crippen LogP contribution in [-0.4, -0.2) is 13.1 Å². The Kier molecular flexibility index (Phi) is 3.56. The molecule has 0 radical (unpaired) electrons. The van der Waals surface area contributed by atoms with E-state index in [4.69, 9.17) is 5.73 Å². The van der Waals surface area contributed by atoms with Crippen LogP contribution >= 0.6 is 0 Å². The van der Waals surface area contributed by atoms with Gasteiger partial charge in [-0.1, -0.05) is 24.6 Å². The molecule has 2 rings (SSSR count). The third-order valence-corrected chi connectivity index (χ3v) is 3.62. The van der Waals surface area contributed by atoms with Gasteiger partial charge in [-0.05, 0) is 30.9 Å². The van der Waals surface area contributed by atoms with Gasteiger partial charge in [-0.3, -0.25) is 0 Å². The fraction of sp³-hybridized carbons (Fsp3) is 0.538. The lowest BCUT2D eigenvalue weighted by Gasteiger charge is -2.41. The molecule has 16 heavy (non-hydrogen) atoms. The van der Waals surface area contributed by atoms with Gasteiger partial charge in [-0.2, -0.15) is 0 Å². The van der Waals surface area contributed by atoms with Crippen molar-refractivity contribution in [2.24, 2.45) is 11.1 Å². The molecule has 0 amide bonds. The van der Waals surface area contributed by atoms with E-state index >= 15 is 0 Å². The smallest absolute Gasteiger partial charge is 0.127 e. The summed E-state index contributed by atoms with van der Waals surface area (Å²) in [5, 5.41) is 3.32. The first-order valence-electron chi connectivity index (χ1n) is 5.90. The quantitative estimate of drug-likeness (QED) is 0.800. The lowest BCUT2D eigenvalue weighted by atomic mass is 9.69. The Bertz CT molecular complexity index is 342. The third-order valence-electron chi connectivity index (χ3n) is 3.62. The van der Waals surface area contributed by atoms with Gasteiger partial charge in [0.05, 0.1) is 0 Å². The van der Waals surface area contributed by atoms with Gasteiger partial charge >= 0.3 is 0 Å². The van der Waals surface area contributed by atoms with Crippen LogP contribution in [-0.2, 0) is 6.54 Å². The number of hydrogen-bond acceptors (Lipinski definition) is 2. The molecule has 0 heterocycles. The van der Waals surface area contributed by atoms with Crippen LogP contribution < -0.4 is 11.1 Å². The van der Waals surface area contributed by atoms with Gasteiger partial charge in [0, 0.05) is 18.7 Å². The van der Waals surface area contributed by atoms with Crippen molar-refractivity contribution >= 4 is 0 Å². The number of rotatable bonds is 5. The summed E-state index contributed by atoms with van der Waals surface area (Å²) in [5.41, 5.74) is 6.78. The summed E-state index contributed by atoms with van der Waals surface area (Å²) >= 11 is 0. The first kappa shape index (κ1) is 11.6. The van der Waals surface area contributed by atoms with Gasteiger partial charge in [0.25, 0.3) is 0 Å². The van der Waals surface area contributed by atoms with Crippen LogP contribution in [0, 0.1) is 11.2 Å². The maximum Gasteiger partial charge on any atom is 0.127 e. The SMILES string of the molecule is NCC1(CNCc2ccccc2F)CCC1. The van der Waals surface area contributed by atoms with Crippen LogP contribution in [0.25, 0.3) is 0 Å². The molecular weight excluding hydrogens is 203 g/mol. The molecule has 1 aromatic carbocycles. The summed E-state index contributed by atoms with van der Waals surface area (Å²) in [6.07, 6.45) is 3.68. The van der Waals surface area contributed by atoms with Crippen LogP contribution in [0.3, 0.4) is 0 Å². The first-order valence-corrected chi connectivity index (χ1v) is 5.90. The maximum atomic E-state index is 13.3. The van der Waals surface area contributed by atoms with Gasteiger partial charge < -0.3 is 11.1 Å². The highest BCUT2D eigenvalue weighted by molar-refractivity contribution is 5.17. The second kappa shape index (κ2) is 4.93. The lowest BCUT2D eigenvalue weighted by molar-refractivity contribution is 0.140. The second-order valence-corrected chi connectivity index (χ2v) is 4.75. The predicted molar refractivity (Wildman–Crippen MR) is 63.4 cm³/mol. The molecule has 1 aliphatic rings. The van der Waals surface area contributed by atoms with Crippen molar-refractivity contribution in [3.63, 3.8) is 0 Å². The highest BCUT2D eigenvalue weighted by Gasteiger charge is 2.34. The molecule has 3 N–H and O–H groups in total. The molecule has 1 saturated carbocycles. The summed E-state index contributed by atoms with van der Waals surface area (Å²) in [6.45, 7) is 2.23. The van der Waals surface area contributed by atoms with E-state index in [1.165, 1.54) is 25.3 Å². The van der Waals surface area contributed by atoms with Crippen LogP contribution in [0.2, 0.25) is 0 Å². The van der Waals surface area contributed by atoms with E-state index in [0.29, 0.717) is 6.54 Å². The molecule has 1 aliphatic carbocycles. The van der Waals surface area contributed by atoms with E-state index in [1.807, 2.05) is 12.1 Å². The van der Waals surface area contributed by atoms with E-state index in [9.17, 15) is 4.39 Å². The van der Waals surface area contributed by atoms with Crippen LogP contribution in [0.5, 0.6) is 0 Å². The monoisotopic (exact) mass is 222 g/mol. The van der Waals surface area contributed by atoms with Crippen molar-refractivity contribution in [3.05, 3.63) is 35.6 Å². The van der Waals surface area contributed by atoms with Crippen molar-refractivity contribution in [2.45, 2.75) is 25.8 Å². The minimum Gasteiger partial charge on any atom is -0.330 e. The Balaban J connectivity index is 1.82. The Morgan fingerprint density at radius 3 is 2.62 bits per heavy atom. The summed E-state index contributed by atoms with van der Waals surface area (Å²) < 4.78 is 13.3. The Hall–Kier alpha value is -0.930. The standard InChI is InChI=1S/C13H19FN2/c14-12-5-2-1-4-11(12)8-16-10-13(9-15)6-3-7-13/h1-2,4-5,16H,3,6-10,15H2. The molecule has 3 heteroatoms. The number of hydrogen-bond donors (Lipinski definition) is 2. The molecule has 0 unspecified atom stereocenters. The Labute approximate surface area is 96.0 Å². The second-order valence-electron chi connectivity index (χ2n) is 4.75. The molecule has 2 nitrogen and oxygen atoms in total. The maximum absolute atomic E-state index is 13.3. The summed E-state index contributed by atoms with van der Waals surface area (Å²) in [5.74, 6) is -0.134. The normalized spacial score (nSPS) is 18.1. The topological polar surface area (TPSA) is 38.0 Å². The van der Waals surface area contributed by atoms with E-state index < -0.39 is 0 Å². The van der Waals surface area contributed by atoms with Crippen molar-refractivity contribution in [1.29, 1.82) is 0 Å². The van der Waals surface area contributed by atoms with Gasteiger partial charge in [0.2, 0.25) is 0 Å². The predicted octanol–water partition coefficient (Wildman–Crippen LogP) is 2.04. The lowest BCUT2D eigenvalue weighted by Crippen LogP contribution is -2.45. The number of nitrogens with two attached hydrogens (primary N) is 1. The molecule has 88 valence electrons. The van der Waals surface area contributed by atoms with E-state index in [2.05, 4.69) is 5.32 Å². The van der Waals surface area contributed by atoms with Gasteiger partial charge in [-0.25, -0.2) is 4.39 Å². The van der Waals surface area contributed by atoms with Crippen molar-refractivity contribution in [1.82, 2.24) is 5.32 Å². The van der Waals surface area contributed by atoms with Gasteiger partial charge in [0.1, 0.15) is 5.82 Å². The molecular formula is C13H19FN2. The summed E-state index contributed by atoms with van der Waals surface area (Å²) in [4.78, 5) is 0. The molecule has 0 bridgehead atoms. The van der Waals surface area contributed by atoms with Crippen molar-refractivity contribution in [3.8, 4) is 0 Å². The van der Waals surface area contributed by atoms with E-state index in [1.54, 1.807) is 6.07 Å². The van der Waals surface area contributed by atoms with Crippen molar-refractivity contribution < 1.29 is 4.39 Å². The Morgan fingerprint density at radius 2 is 2.06 bits per heavy atom. The zero-order valence-corrected chi connectivity index (χ0v) is 9.51. The highest BCUT2D eigenvalue weighted by atomic mass is 19.1. The van der Waals surface area contributed by atoms with Gasteiger partial charge in [-0.15, -0.1) is 0 Å². The number of halogens is 1. The number of benzene rings is 1. The molecule has 0 spiro atoms. The first-order chi connectivity index (χ1) is 7.76. The largest absolute Gasteiger partial charge is 0.330 e. The molecule has 1 aromatic rings. The van der Waals surface area contributed by atoms with Crippen molar-refractivity contribution in [2.75, 3.05) is 13.1 Å². The fourth-order valence-electron chi connectivity index (χ4n) is 2.23. The zero-order valence-electron chi connectivity index (χ0n) is 9.51. The number of nitrogens with one attached hydrogen (secondary N) is 1.